The molecule has 0 rings (SSSR count). The molecule has 0 unspecified atom stereocenters. The summed E-state index contributed by atoms with van der Waals surface area (Å²) < 4.78 is 0. The van der Waals surface area contributed by atoms with Gasteiger partial charge in [0.05, 0.1) is 12.4 Å². The molecule has 5 nitrogen and oxygen atoms in total. The summed E-state index contributed by atoms with van der Waals surface area (Å²) in [4.78, 5) is 14.1. The van der Waals surface area contributed by atoms with E-state index in [1.54, 1.807) is 6.92 Å². The first kappa shape index (κ1) is 16.1. The summed E-state index contributed by atoms with van der Waals surface area (Å²) >= 11 is 0. The van der Waals surface area contributed by atoms with Crippen molar-refractivity contribution in [2.75, 3.05) is 13.6 Å². The van der Waals surface area contributed by atoms with E-state index < -0.39 is 5.97 Å². The van der Waals surface area contributed by atoms with Crippen molar-refractivity contribution in [2.45, 2.75) is 26.2 Å². The van der Waals surface area contributed by atoms with Crippen LogP contribution in [0, 0.1) is 0 Å². The van der Waals surface area contributed by atoms with E-state index >= 15 is 0 Å². The van der Waals surface area contributed by atoms with E-state index in [0.29, 0.717) is 18.8 Å². The van der Waals surface area contributed by atoms with Gasteiger partial charge in [0.15, 0.2) is 0 Å². The molecule has 0 saturated heterocycles. The molecule has 5 heteroatoms. The van der Waals surface area contributed by atoms with Crippen LogP contribution >= 0.6 is 0 Å². The minimum Gasteiger partial charge on any atom is -0.481 e. The number of carboxylic acids is 1. The molecule has 0 heterocycles. The van der Waals surface area contributed by atoms with Crippen molar-refractivity contribution in [1.29, 1.82) is 0 Å². The van der Waals surface area contributed by atoms with Crippen molar-refractivity contribution in [3.05, 3.63) is 12.2 Å². The quantitative estimate of drug-likeness (QED) is 0.263. The van der Waals surface area contributed by atoms with Gasteiger partial charge in [-0.2, -0.15) is 0 Å². The van der Waals surface area contributed by atoms with E-state index in [1.165, 1.54) is 7.05 Å². The molecule has 88 valence electrons. The number of aliphatic imine (C=N–C) groups is 1. The third kappa shape index (κ3) is 19.2. The van der Waals surface area contributed by atoms with Crippen LogP contribution in [0.25, 0.3) is 0 Å². The summed E-state index contributed by atoms with van der Waals surface area (Å²) in [5.41, 5.74) is 9.81. The van der Waals surface area contributed by atoms with Gasteiger partial charge in [-0.3, -0.25) is 9.79 Å². The molecule has 0 radical (unpaired) electrons. The standard InChI is InChI=1S/C9H16N2O2.CH5N/c1-8(10)11-7-5-3-2-4-6-9(12)13;1-2/h3,5H,2,4,6-7H2,1H3,(H2,10,11)(H,12,13);2H2,1H3/b5-3+;. The zero-order chi connectivity index (χ0) is 12.1. The highest BCUT2D eigenvalue weighted by atomic mass is 16.4. The summed E-state index contributed by atoms with van der Waals surface area (Å²) in [6.45, 7) is 2.31. The van der Waals surface area contributed by atoms with Crippen LogP contribution in [-0.4, -0.2) is 30.5 Å². The smallest absolute Gasteiger partial charge is 0.303 e. The van der Waals surface area contributed by atoms with Crippen molar-refractivity contribution in [3.63, 3.8) is 0 Å². The van der Waals surface area contributed by atoms with Gasteiger partial charge >= 0.3 is 5.97 Å². The van der Waals surface area contributed by atoms with Gasteiger partial charge in [0.1, 0.15) is 0 Å². The van der Waals surface area contributed by atoms with E-state index in [4.69, 9.17) is 10.8 Å². The van der Waals surface area contributed by atoms with Gasteiger partial charge in [0, 0.05) is 6.42 Å². The number of aliphatic carboxylic acids is 1. The lowest BCUT2D eigenvalue weighted by molar-refractivity contribution is -0.137. The average Bonchev–Trinajstić information content (AvgIpc) is 2.18. The highest BCUT2D eigenvalue weighted by Gasteiger charge is 1.92. The highest BCUT2D eigenvalue weighted by molar-refractivity contribution is 5.77. The Balaban J connectivity index is 0. The molecule has 0 aromatic heterocycles. The number of nitrogens with two attached hydrogens (primary N) is 2. The summed E-state index contributed by atoms with van der Waals surface area (Å²) in [6, 6.07) is 0. The number of amidine groups is 1. The second kappa shape index (κ2) is 12.6. The third-order valence-corrected chi connectivity index (χ3v) is 1.37. The van der Waals surface area contributed by atoms with Gasteiger partial charge in [0.25, 0.3) is 0 Å². The van der Waals surface area contributed by atoms with E-state index in [-0.39, 0.29) is 6.42 Å². The summed E-state index contributed by atoms with van der Waals surface area (Å²) in [5.74, 6) is -0.181. The molecule has 0 aliphatic rings. The first-order chi connectivity index (χ1) is 7.13. The van der Waals surface area contributed by atoms with Gasteiger partial charge in [-0.1, -0.05) is 12.2 Å². The van der Waals surface area contributed by atoms with Gasteiger partial charge in [-0.15, -0.1) is 0 Å². The number of unbranched alkanes of at least 4 members (excludes halogenated alkanes) is 1. The minimum absolute atomic E-state index is 0.226. The molecule has 0 aliphatic carbocycles. The van der Waals surface area contributed by atoms with Gasteiger partial charge in [0.2, 0.25) is 0 Å². The van der Waals surface area contributed by atoms with Crippen LogP contribution in [0.2, 0.25) is 0 Å². The SMILES string of the molecule is CC(N)=NC/C=C/CCCC(=O)O.CN. The molecule has 0 spiro atoms. The Hall–Kier alpha value is -1.36. The molecular formula is C10H21N3O2. The van der Waals surface area contributed by atoms with Crippen LogP contribution < -0.4 is 11.5 Å². The maximum absolute atomic E-state index is 10.1. The molecular weight excluding hydrogens is 194 g/mol. The first-order valence-electron chi connectivity index (χ1n) is 4.84. The first-order valence-corrected chi connectivity index (χ1v) is 4.84. The Bertz CT molecular complexity index is 209. The zero-order valence-electron chi connectivity index (χ0n) is 9.44. The topological polar surface area (TPSA) is 102 Å². The Morgan fingerprint density at radius 1 is 1.40 bits per heavy atom. The van der Waals surface area contributed by atoms with Crippen LogP contribution in [0.1, 0.15) is 26.2 Å². The summed E-state index contributed by atoms with van der Waals surface area (Å²) in [7, 11) is 1.50. The Labute approximate surface area is 90.9 Å². The normalized spacial score (nSPS) is 11.0. The third-order valence-electron chi connectivity index (χ3n) is 1.37. The Kier molecular flexibility index (Phi) is 13.6. The lowest BCUT2D eigenvalue weighted by atomic mass is 10.2. The van der Waals surface area contributed by atoms with E-state index in [9.17, 15) is 4.79 Å². The highest BCUT2D eigenvalue weighted by Crippen LogP contribution is 1.96. The van der Waals surface area contributed by atoms with Crippen LogP contribution in [0.3, 0.4) is 0 Å². The largest absolute Gasteiger partial charge is 0.481 e. The van der Waals surface area contributed by atoms with Crippen LogP contribution in [0.4, 0.5) is 0 Å². The number of rotatable bonds is 6. The lowest BCUT2D eigenvalue weighted by Gasteiger charge is -1.90. The van der Waals surface area contributed by atoms with Crippen molar-refractivity contribution < 1.29 is 9.90 Å². The van der Waals surface area contributed by atoms with Gasteiger partial charge in [-0.25, -0.2) is 0 Å². The molecule has 5 N–H and O–H groups in total. The van der Waals surface area contributed by atoms with E-state index in [2.05, 4.69) is 10.7 Å². The maximum Gasteiger partial charge on any atom is 0.303 e. The molecule has 0 aromatic rings. The second-order valence-electron chi connectivity index (χ2n) is 2.74. The average molecular weight is 215 g/mol. The number of nitrogens with zero attached hydrogens (tertiary/aromatic N) is 1. The zero-order valence-corrected chi connectivity index (χ0v) is 9.44. The van der Waals surface area contributed by atoms with Gasteiger partial charge in [-0.05, 0) is 26.8 Å². The van der Waals surface area contributed by atoms with Crippen molar-refractivity contribution in [1.82, 2.24) is 0 Å². The fourth-order valence-corrected chi connectivity index (χ4v) is 0.760. The fourth-order valence-electron chi connectivity index (χ4n) is 0.760. The minimum atomic E-state index is -0.746. The maximum atomic E-state index is 10.1. The van der Waals surface area contributed by atoms with Gasteiger partial charge < -0.3 is 16.6 Å². The molecule has 0 saturated carbocycles. The molecule has 0 bridgehead atoms. The summed E-state index contributed by atoms with van der Waals surface area (Å²) in [6.07, 6.45) is 5.50. The fraction of sp³-hybridized carbons (Fsp3) is 0.600. The number of hydrogen-bond acceptors (Lipinski definition) is 3. The Morgan fingerprint density at radius 3 is 2.47 bits per heavy atom. The summed E-state index contributed by atoms with van der Waals surface area (Å²) in [5, 5.41) is 8.33. The lowest BCUT2D eigenvalue weighted by Crippen LogP contribution is -2.05. The number of hydrogen-bond donors (Lipinski definition) is 3. The van der Waals surface area contributed by atoms with Crippen molar-refractivity contribution in [3.8, 4) is 0 Å². The predicted octanol–water partition coefficient (Wildman–Crippen LogP) is 0.750. The number of carbonyl (C=O) groups is 1. The molecule has 0 aromatic carbocycles. The molecule has 0 aliphatic heterocycles. The van der Waals surface area contributed by atoms with Crippen molar-refractivity contribution in [2.24, 2.45) is 16.5 Å². The number of carboxylic acid groups (broad SMARTS) is 1. The monoisotopic (exact) mass is 215 g/mol. The predicted molar refractivity (Wildman–Crippen MR) is 62.9 cm³/mol. The Morgan fingerprint density at radius 2 is 2.00 bits per heavy atom. The second-order valence-corrected chi connectivity index (χ2v) is 2.74. The molecule has 15 heavy (non-hydrogen) atoms. The van der Waals surface area contributed by atoms with Crippen LogP contribution in [-0.2, 0) is 4.79 Å². The molecule has 0 atom stereocenters. The van der Waals surface area contributed by atoms with Crippen molar-refractivity contribution >= 4 is 11.8 Å². The van der Waals surface area contributed by atoms with E-state index in [1.807, 2.05) is 12.2 Å². The molecule has 0 fully saturated rings. The molecule has 0 amide bonds. The van der Waals surface area contributed by atoms with Crippen LogP contribution in [0.5, 0.6) is 0 Å². The number of allylic oxidation sites excluding steroid dienone is 1. The van der Waals surface area contributed by atoms with E-state index in [0.717, 1.165) is 6.42 Å². The van der Waals surface area contributed by atoms with Crippen LogP contribution in [0.15, 0.2) is 17.1 Å².